The molecule has 0 bridgehead atoms. The molecule has 38 heavy (non-hydrogen) atoms. The maximum Gasteiger partial charge on any atom is 0.256 e. The van der Waals surface area contributed by atoms with Crippen molar-refractivity contribution in [2.24, 2.45) is 0 Å². The Balaban J connectivity index is 1.53. The van der Waals surface area contributed by atoms with Crippen molar-refractivity contribution in [3.05, 3.63) is 124 Å². The fraction of sp³-hybridized carbons (Fsp3) is 0.176. The molecule has 0 saturated heterocycles. The van der Waals surface area contributed by atoms with Crippen LogP contribution in [-0.4, -0.2) is 10.9 Å². The van der Waals surface area contributed by atoms with E-state index in [2.05, 4.69) is 38.2 Å². The molecule has 190 valence electrons. The van der Waals surface area contributed by atoms with Crippen LogP contribution in [0, 0.1) is 34.6 Å². The monoisotopic (exact) mass is 500 g/mol. The Hall–Kier alpha value is -4.44. The van der Waals surface area contributed by atoms with Crippen LogP contribution in [-0.2, 0) is 6.61 Å². The number of ether oxygens (including phenoxy) is 1. The standard InChI is InChI=1S/C34H32N2O2/c1-21-17-24(4)32-30(18-21)31(34(37)35-28-14-11-22(2)23(3)19-28)25(5)33(36-32)27-12-15-29(16-13-27)38-20-26-9-7-6-8-10-26/h6-19H,20H2,1-5H3,(H,35,37). The highest BCUT2D eigenvalue weighted by Gasteiger charge is 2.21. The molecule has 0 saturated carbocycles. The lowest BCUT2D eigenvalue weighted by Gasteiger charge is -2.17. The molecule has 1 heterocycles. The lowest BCUT2D eigenvalue weighted by molar-refractivity contribution is 0.102. The number of hydrogen-bond donors (Lipinski definition) is 1. The zero-order valence-corrected chi connectivity index (χ0v) is 22.6. The van der Waals surface area contributed by atoms with Crippen molar-refractivity contribution in [3.63, 3.8) is 0 Å². The summed E-state index contributed by atoms with van der Waals surface area (Å²) in [5.41, 5.74) is 10.5. The van der Waals surface area contributed by atoms with Gasteiger partial charge in [0.1, 0.15) is 12.4 Å². The largest absolute Gasteiger partial charge is 0.489 e. The van der Waals surface area contributed by atoms with Gasteiger partial charge in [0.2, 0.25) is 0 Å². The summed E-state index contributed by atoms with van der Waals surface area (Å²) >= 11 is 0. The maximum atomic E-state index is 13.8. The third-order valence-electron chi connectivity index (χ3n) is 7.04. The van der Waals surface area contributed by atoms with Gasteiger partial charge in [-0.3, -0.25) is 4.79 Å². The van der Waals surface area contributed by atoms with Crippen molar-refractivity contribution in [2.45, 2.75) is 41.2 Å². The van der Waals surface area contributed by atoms with Crippen molar-refractivity contribution >= 4 is 22.5 Å². The van der Waals surface area contributed by atoms with E-state index in [1.165, 1.54) is 5.56 Å². The van der Waals surface area contributed by atoms with Gasteiger partial charge in [0.25, 0.3) is 5.91 Å². The summed E-state index contributed by atoms with van der Waals surface area (Å²) in [4.78, 5) is 18.8. The average molecular weight is 501 g/mol. The summed E-state index contributed by atoms with van der Waals surface area (Å²) in [5, 5.41) is 4.00. The van der Waals surface area contributed by atoms with Gasteiger partial charge in [0.15, 0.2) is 0 Å². The molecule has 0 atom stereocenters. The number of benzene rings is 4. The maximum absolute atomic E-state index is 13.8. The topological polar surface area (TPSA) is 51.2 Å². The number of carbonyl (C=O) groups is 1. The SMILES string of the molecule is Cc1cc(C)c2nc(-c3ccc(OCc4ccccc4)cc3)c(C)c(C(=O)Nc3ccc(C)c(C)c3)c2c1. The lowest BCUT2D eigenvalue weighted by Crippen LogP contribution is -2.16. The summed E-state index contributed by atoms with van der Waals surface area (Å²) in [7, 11) is 0. The third-order valence-corrected chi connectivity index (χ3v) is 7.04. The minimum Gasteiger partial charge on any atom is -0.489 e. The Labute approximate surface area is 224 Å². The molecule has 1 N–H and O–H groups in total. The van der Waals surface area contributed by atoms with Crippen LogP contribution in [0.25, 0.3) is 22.2 Å². The van der Waals surface area contributed by atoms with Crippen LogP contribution in [0.1, 0.15) is 43.7 Å². The molecule has 4 aromatic carbocycles. The van der Waals surface area contributed by atoms with E-state index in [0.29, 0.717) is 12.2 Å². The van der Waals surface area contributed by atoms with E-state index in [1.807, 2.05) is 86.6 Å². The smallest absolute Gasteiger partial charge is 0.256 e. The van der Waals surface area contributed by atoms with Crippen molar-refractivity contribution in [3.8, 4) is 17.0 Å². The quantitative estimate of drug-likeness (QED) is 0.255. The van der Waals surface area contributed by atoms with Crippen LogP contribution in [0.4, 0.5) is 5.69 Å². The summed E-state index contributed by atoms with van der Waals surface area (Å²) in [5.74, 6) is 0.655. The number of amides is 1. The first-order chi connectivity index (χ1) is 18.3. The van der Waals surface area contributed by atoms with Gasteiger partial charge >= 0.3 is 0 Å². The molecule has 0 unspecified atom stereocenters. The number of nitrogens with one attached hydrogen (secondary N) is 1. The summed E-state index contributed by atoms with van der Waals surface area (Å²) in [6.45, 7) is 10.7. The van der Waals surface area contributed by atoms with Crippen LogP contribution in [0.5, 0.6) is 5.75 Å². The zero-order chi connectivity index (χ0) is 26.8. The van der Waals surface area contributed by atoms with Gasteiger partial charge in [-0.1, -0.05) is 48.0 Å². The Morgan fingerprint density at radius 3 is 2.24 bits per heavy atom. The van der Waals surface area contributed by atoms with Gasteiger partial charge in [-0.25, -0.2) is 4.98 Å². The van der Waals surface area contributed by atoms with E-state index in [-0.39, 0.29) is 5.91 Å². The highest BCUT2D eigenvalue weighted by atomic mass is 16.5. The second kappa shape index (κ2) is 10.5. The lowest BCUT2D eigenvalue weighted by atomic mass is 9.94. The van der Waals surface area contributed by atoms with Gasteiger partial charge < -0.3 is 10.1 Å². The highest BCUT2D eigenvalue weighted by molar-refractivity contribution is 6.15. The van der Waals surface area contributed by atoms with Gasteiger partial charge in [-0.2, -0.15) is 0 Å². The Morgan fingerprint density at radius 2 is 1.53 bits per heavy atom. The molecule has 0 fully saturated rings. The predicted molar refractivity (Wildman–Crippen MR) is 156 cm³/mol. The number of nitrogens with zero attached hydrogens (tertiary/aromatic N) is 1. The van der Waals surface area contributed by atoms with Crippen molar-refractivity contribution in [2.75, 3.05) is 5.32 Å². The summed E-state index contributed by atoms with van der Waals surface area (Å²) in [6, 6.07) is 28.2. The molecule has 0 radical (unpaired) electrons. The fourth-order valence-electron chi connectivity index (χ4n) is 4.85. The number of aromatic nitrogens is 1. The average Bonchev–Trinajstić information content (AvgIpc) is 2.90. The zero-order valence-electron chi connectivity index (χ0n) is 22.6. The first kappa shape index (κ1) is 25.2. The number of rotatable bonds is 6. The Bertz CT molecular complexity index is 1640. The number of carbonyl (C=O) groups excluding carboxylic acids is 1. The molecule has 4 heteroatoms. The van der Waals surface area contributed by atoms with Gasteiger partial charge in [-0.05, 0) is 105 Å². The van der Waals surface area contributed by atoms with Gasteiger partial charge in [0, 0.05) is 16.6 Å². The third kappa shape index (κ3) is 5.16. The van der Waals surface area contributed by atoms with Crippen LogP contribution in [0.3, 0.4) is 0 Å². The molecule has 0 aliphatic carbocycles. The van der Waals surface area contributed by atoms with Crippen LogP contribution in [0.15, 0.2) is 84.9 Å². The van der Waals surface area contributed by atoms with E-state index in [1.54, 1.807) is 0 Å². The summed E-state index contributed by atoms with van der Waals surface area (Å²) < 4.78 is 5.98. The van der Waals surface area contributed by atoms with E-state index in [0.717, 1.165) is 61.4 Å². The second-order valence-corrected chi connectivity index (χ2v) is 9.99. The number of fused-ring (bicyclic) bond motifs is 1. The molecule has 1 amide bonds. The molecule has 0 aliphatic heterocycles. The normalized spacial score (nSPS) is 11.0. The molecule has 0 spiro atoms. The molecule has 1 aromatic heterocycles. The van der Waals surface area contributed by atoms with Crippen LogP contribution < -0.4 is 10.1 Å². The minimum absolute atomic E-state index is 0.132. The number of anilines is 1. The molecular formula is C34H32N2O2. The van der Waals surface area contributed by atoms with Crippen molar-refractivity contribution in [1.29, 1.82) is 0 Å². The van der Waals surface area contributed by atoms with Crippen LogP contribution >= 0.6 is 0 Å². The first-order valence-electron chi connectivity index (χ1n) is 12.9. The first-order valence-corrected chi connectivity index (χ1v) is 12.9. The van der Waals surface area contributed by atoms with Crippen molar-refractivity contribution in [1.82, 2.24) is 4.98 Å². The van der Waals surface area contributed by atoms with Crippen molar-refractivity contribution < 1.29 is 9.53 Å². The second-order valence-electron chi connectivity index (χ2n) is 9.99. The minimum atomic E-state index is -0.132. The molecular weight excluding hydrogens is 468 g/mol. The Kier molecular flexibility index (Phi) is 6.97. The highest BCUT2D eigenvalue weighted by Crippen LogP contribution is 2.33. The number of pyridine rings is 1. The number of hydrogen-bond acceptors (Lipinski definition) is 3. The van der Waals surface area contributed by atoms with E-state index >= 15 is 0 Å². The molecule has 0 aliphatic rings. The molecule has 5 rings (SSSR count). The van der Waals surface area contributed by atoms with Gasteiger partial charge in [0.05, 0.1) is 16.8 Å². The van der Waals surface area contributed by atoms with Gasteiger partial charge in [-0.15, -0.1) is 0 Å². The number of aryl methyl sites for hydroxylation is 4. The van der Waals surface area contributed by atoms with E-state index in [4.69, 9.17) is 9.72 Å². The predicted octanol–water partition coefficient (Wildman–Crippen LogP) is 8.28. The van der Waals surface area contributed by atoms with E-state index in [9.17, 15) is 4.79 Å². The molecule has 5 aromatic rings. The molecule has 4 nitrogen and oxygen atoms in total. The fourth-order valence-corrected chi connectivity index (χ4v) is 4.85. The summed E-state index contributed by atoms with van der Waals surface area (Å²) in [6.07, 6.45) is 0. The van der Waals surface area contributed by atoms with Crippen LogP contribution in [0.2, 0.25) is 0 Å². The van der Waals surface area contributed by atoms with E-state index < -0.39 is 0 Å². The Morgan fingerprint density at radius 1 is 0.789 bits per heavy atom.